The summed E-state index contributed by atoms with van der Waals surface area (Å²) >= 11 is 0. The van der Waals surface area contributed by atoms with Crippen molar-refractivity contribution in [2.45, 2.75) is 45.2 Å². The van der Waals surface area contributed by atoms with Crippen LogP contribution >= 0.6 is 0 Å². The van der Waals surface area contributed by atoms with Crippen molar-refractivity contribution in [3.8, 4) is 0 Å². The van der Waals surface area contributed by atoms with Crippen LogP contribution < -0.4 is 10.6 Å². The minimum Gasteiger partial charge on any atom is -0.481 e. The summed E-state index contributed by atoms with van der Waals surface area (Å²) in [6, 6.07) is 7.24. The topological polar surface area (TPSA) is 78.4 Å². The Hall–Kier alpha value is -2.04. The Balaban J connectivity index is 1.81. The summed E-state index contributed by atoms with van der Waals surface area (Å²) in [6.07, 6.45) is 3.55. The van der Waals surface area contributed by atoms with Crippen LogP contribution in [0.1, 0.15) is 37.3 Å². The first-order valence-corrected chi connectivity index (χ1v) is 7.37. The molecule has 0 aromatic heterocycles. The number of carboxylic acid groups (broad SMARTS) is 1. The monoisotopic (exact) mass is 290 g/mol. The maximum atomic E-state index is 11.8. The van der Waals surface area contributed by atoms with Crippen LogP contribution in [-0.4, -0.2) is 23.1 Å². The third-order valence-electron chi connectivity index (χ3n) is 3.66. The predicted octanol–water partition coefficient (Wildman–Crippen LogP) is 2.30. The second-order valence-corrected chi connectivity index (χ2v) is 5.75. The number of benzene rings is 1. The van der Waals surface area contributed by atoms with Gasteiger partial charge in [-0.15, -0.1) is 0 Å². The van der Waals surface area contributed by atoms with E-state index < -0.39 is 5.97 Å². The van der Waals surface area contributed by atoms with E-state index in [2.05, 4.69) is 10.6 Å². The molecule has 1 aliphatic rings. The van der Waals surface area contributed by atoms with Crippen molar-refractivity contribution in [1.82, 2.24) is 10.6 Å². The average molecular weight is 290 g/mol. The molecule has 2 rings (SSSR count). The standard InChI is InChI=1S/C16H22N2O3/c1-11(8-12-6-7-12)18-16(21)17-10-14-5-3-2-4-13(14)9-15(19)20/h2-5,11-12H,6-10H2,1H3,(H,19,20)(H2,17,18,21). The molecule has 0 radical (unpaired) electrons. The van der Waals surface area contributed by atoms with Gasteiger partial charge in [0, 0.05) is 12.6 Å². The molecule has 0 bridgehead atoms. The Morgan fingerprint density at radius 2 is 1.95 bits per heavy atom. The predicted molar refractivity (Wildman–Crippen MR) is 80.0 cm³/mol. The van der Waals surface area contributed by atoms with Crippen molar-refractivity contribution in [2.24, 2.45) is 5.92 Å². The van der Waals surface area contributed by atoms with E-state index in [4.69, 9.17) is 5.11 Å². The number of hydrogen-bond acceptors (Lipinski definition) is 2. The summed E-state index contributed by atoms with van der Waals surface area (Å²) < 4.78 is 0. The molecule has 2 amide bonds. The number of amides is 2. The Morgan fingerprint density at radius 3 is 2.57 bits per heavy atom. The number of urea groups is 1. The van der Waals surface area contributed by atoms with Crippen LogP contribution in [0.2, 0.25) is 0 Å². The van der Waals surface area contributed by atoms with Gasteiger partial charge in [0.25, 0.3) is 0 Å². The quantitative estimate of drug-likeness (QED) is 0.721. The molecule has 5 heteroatoms. The summed E-state index contributed by atoms with van der Waals surface area (Å²) in [7, 11) is 0. The molecule has 5 nitrogen and oxygen atoms in total. The van der Waals surface area contributed by atoms with Crippen LogP contribution in [0.15, 0.2) is 24.3 Å². The number of carboxylic acids is 1. The number of nitrogens with one attached hydrogen (secondary N) is 2. The highest BCUT2D eigenvalue weighted by Gasteiger charge is 2.24. The molecule has 0 saturated heterocycles. The maximum Gasteiger partial charge on any atom is 0.315 e. The van der Waals surface area contributed by atoms with E-state index >= 15 is 0 Å². The highest BCUT2D eigenvalue weighted by atomic mass is 16.4. The molecular weight excluding hydrogens is 268 g/mol. The van der Waals surface area contributed by atoms with Crippen LogP contribution in [-0.2, 0) is 17.8 Å². The van der Waals surface area contributed by atoms with Crippen LogP contribution in [0.4, 0.5) is 4.79 Å². The average Bonchev–Trinajstić information content (AvgIpc) is 3.20. The second kappa shape index (κ2) is 7.11. The lowest BCUT2D eigenvalue weighted by molar-refractivity contribution is -0.136. The number of aliphatic carboxylic acids is 1. The van der Waals surface area contributed by atoms with Gasteiger partial charge in [-0.05, 0) is 30.4 Å². The van der Waals surface area contributed by atoms with Crippen molar-refractivity contribution in [3.05, 3.63) is 35.4 Å². The lowest BCUT2D eigenvalue weighted by atomic mass is 10.0. The van der Waals surface area contributed by atoms with Gasteiger partial charge in [0.15, 0.2) is 0 Å². The van der Waals surface area contributed by atoms with Crippen LogP contribution in [0.3, 0.4) is 0 Å². The van der Waals surface area contributed by atoms with Gasteiger partial charge in [0.1, 0.15) is 0 Å². The maximum absolute atomic E-state index is 11.8. The van der Waals surface area contributed by atoms with Gasteiger partial charge < -0.3 is 15.7 Å². The summed E-state index contributed by atoms with van der Waals surface area (Å²) in [6.45, 7) is 2.35. The molecule has 0 aliphatic heterocycles. The molecule has 0 heterocycles. The van der Waals surface area contributed by atoms with Crippen molar-refractivity contribution < 1.29 is 14.7 Å². The molecule has 1 fully saturated rings. The van der Waals surface area contributed by atoms with Crippen molar-refractivity contribution in [1.29, 1.82) is 0 Å². The first-order chi connectivity index (χ1) is 10.0. The molecule has 0 spiro atoms. The highest BCUT2D eigenvalue weighted by molar-refractivity contribution is 5.74. The molecular formula is C16H22N2O3. The lowest BCUT2D eigenvalue weighted by Crippen LogP contribution is -2.40. The number of rotatable bonds is 7. The molecule has 1 unspecified atom stereocenters. The Morgan fingerprint density at radius 1 is 1.29 bits per heavy atom. The van der Waals surface area contributed by atoms with E-state index in [0.29, 0.717) is 6.54 Å². The Bertz CT molecular complexity index is 512. The molecule has 1 aromatic carbocycles. The van der Waals surface area contributed by atoms with Gasteiger partial charge in [0.05, 0.1) is 6.42 Å². The zero-order valence-corrected chi connectivity index (χ0v) is 12.3. The van der Waals surface area contributed by atoms with Gasteiger partial charge in [-0.2, -0.15) is 0 Å². The Kier molecular flexibility index (Phi) is 5.20. The largest absolute Gasteiger partial charge is 0.481 e. The smallest absolute Gasteiger partial charge is 0.315 e. The van der Waals surface area contributed by atoms with Gasteiger partial charge in [-0.3, -0.25) is 4.79 Å². The van der Waals surface area contributed by atoms with Gasteiger partial charge in [-0.1, -0.05) is 37.1 Å². The minimum atomic E-state index is -0.870. The Labute approximate surface area is 124 Å². The molecule has 1 atom stereocenters. The highest BCUT2D eigenvalue weighted by Crippen LogP contribution is 2.33. The molecule has 114 valence electrons. The van der Waals surface area contributed by atoms with E-state index in [1.807, 2.05) is 19.1 Å². The first-order valence-electron chi connectivity index (χ1n) is 7.37. The fraction of sp³-hybridized carbons (Fsp3) is 0.500. The number of carbonyl (C=O) groups excluding carboxylic acids is 1. The first kappa shape index (κ1) is 15.4. The lowest BCUT2D eigenvalue weighted by Gasteiger charge is -2.15. The fourth-order valence-corrected chi connectivity index (χ4v) is 2.43. The van der Waals surface area contributed by atoms with Crippen molar-refractivity contribution in [2.75, 3.05) is 0 Å². The minimum absolute atomic E-state index is 0.0302. The van der Waals surface area contributed by atoms with Crippen LogP contribution in [0, 0.1) is 5.92 Å². The molecule has 1 aromatic rings. The van der Waals surface area contributed by atoms with E-state index in [0.717, 1.165) is 23.5 Å². The summed E-state index contributed by atoms with van der Waals surface area (Å²) in [5, 5.41) is 14.6. The molecule has 3 N–H and O–H groups in total. The summed E-state index contributed by atoms with van der Waals surface area (Å²) in [5.74, 6) is -0.0958. The van der Waals surface area contributed by atoms with Crippen molar-refractivity contribution in [3.63, 3.8) is 0 Å². The summed E-state index contributed by atoms with van der Waals surface area (Å²) in [5.41, 5.74) is 1.57. The second-order valence-electron chi connectivity index (χ2n) is 5.75. The van der Waals surface area contributed by atoms with Crippen molar-refractivity contribution >= 4 is 12.0 Å². The fourth-order valence-electron chi connectivity index (χ4n) is 2.43. The van der Waals surface area contributed by atoms with Gasteiger partial charge in [0.2, 0.25) is 0 Å². The zero-order valence-electron chi connectivity index (χ0n) is 12.3. The van der Waals surface area contributed by atoms with E-state index in [-0.39, 0.29) is 18.5 Å². The number of carbonyl (C=O) groups is 2. The SMILES string of the molecule is CC(CC1CC1)NC(=O)NCc1ccccc1CC(=O)O. The van der Waals surface area contributed by atoms with Crippen LogP contribution in [0.5, 0.6) is 0 Å². The molecule has 1 saturated carbocycles. The van der Waals surface area contributed by atoms with Gasteiger partial charge in [-0.25, -0.2) is 4.79 Å². The third-order valence-corrected chi connectivity index (χ3v) is 3.66. The third kappa shape index (κ3) is 5.45. The van der Waals surface area contributed by atoms with E-state index in [9.17, 15) is 9.59 Å². The van der Waals surface area contributed by atoms with E-state index in [1.165, 1.54) is 12.8 Å². The normalized spacial score (nSPS) is 15.3. The summed E-state index contributed by atoms with van der Waals surface area (Å²) in [4.78, 5) is 22.6. The van der Waals surface area contributed by atoms with Crippen LogP contribution in [0.25, 0.3) is 0 Å². The zero-order chi connectivity index (χ0) is 15.2. The molecule has 1 aliphatic carbocycles. The number of hydrogen-bond donors (Lipinski definition) is 3. The van der Waals surface area contributed by atoms with E-state index in [1.54, 1.807) is 12.1 Å². The molecule has 21 heavy (non-hydrogen) atoms. The van der Waals surface area contributed by atoms with Gasteiger partial charge >= 0.3 is 12.0 Å².